The summed E-state index contributed by atoms with van der Waals surface area (Å²) in [6.45, 7) is 2.82. The number of benzene rings is 1. The zero-order valence-corrected chi connectivity index (χ0v) is 12.5. The molecular weight excluding hydrogens is 250 g/mol. The van der Waals surface area contributed by atoms with Crippen LogP contribution in [-0.2, 0) is 16.2 Å². The number of carbonyl (C=O) groups is 1. The lowest BCUT2D eigenvalue weighted by Gasteiger charge is -2.38. The van der Waals surface area contributed by atoms with Gasteiger partial charge in [0.1, 0.15) is 6.29 Å². The van der Waals surface area contributed by atoms with E-state index in [0.29, 0.717) is 18.6 Å². The predicted octanol–water partition coefficient (Wildman–Crippen LogP) is 3.44. The Kier molecular flexibility index (Phi) is 5.74. The topological polar surface area (TPSA) is 29.5 Å². The van der Waals surface area contributed by atoms with E-state index < -0.39 is 0 Å². The van der Waals surface area contributed by atoms with Gasteiger partial charge >= 0.3 is 0 Å². The normalized spacial score (nSPS) is 26.6. The van der Waals surface area contributed by atoms with Gasteiger partial charge in [-0.3, -0.25) is 4.84 Å². The van der Waals surface area contributed by atoms with Gasteiger partial charge < -0.3 is 4.79 Å². The molecule has 0 N–H and O–H groups in total. The van der Waals surface area contributed by atoms with Crippen molar-refractivity contribution >= 4 is 6.29 Å². The molecule has 0 saturated heterocycles. The average Bonchev–Trinajstić information content (AvgIpc) is 2.52. The molecular formula is C17H25NO2. The van der Waals surface area contributed by atoms with Gasteiger partial charge in [-0.05, 0) is 30.7 Å². The Balaban J connectivity index is 1.91. The summed E-state index contributed by atoms with van der Waals surface area (Å²) in [5.41, 5.74) is 1.18. The molecule has 0 spiro atoms. The minimum absolute atomic E-state index is 0.200. The molecule has 110 valence electrons. The summed E-state index contributed by atoms with van der Waals surface area (Å²) in [5, 5.41) is 1.98. The second-order valence-corrected chi connectivity index (χ2v) is 5.75. The van der Waals surface area contributed by atoms with Crippen LogP contribution in [0, 0.1) is 11.8 Å². The Morgan fingerprint density at radius 2 is 2.05 bits per heavy atom. The van der Waals surface area contributed by atoms with Crippen LogP contribution < -0.4 is 0 Å². The summed E-state index contributed by atoms with van der Waals surface area (Å²) in [6.07, 6.45) is 5.35. The van der Waals surface area contributed by atoms with Crippen LogP contribution in [0.25, 0.3) is 0 Å². The minimum Gasteiger partial charge on any atom is -0.303 e. The molecule has 0 heterocycles. The first-order valence-electron chi connectivity index (χ1n) is 7.59. The van der Waals surface area contributed by atoms with Crippen LogP contribution in [0.4, 0.5) is 0 Å². The monoisotopic (exact) mass is 275 g/mol. The molecule has 0 bridgehead atoms. The van der Waals surface area contributed by atoms with Crippen LogP contribution in [0.1, 0.15) is 38.2 Å². The summed E-state index contributed by atoms with van der Waals surface area (Å²) >= 11 is 0. The van der Waals surface area contributed by atoms with E-state index in [9.17, 15) is 4.79 Å². The molecule has 0 radical (unpaired) electrons. The number of carbonyl (C=O) groups excluding carboxylic acids is 1. The molecule has 1 saturated carbocycles. The van der Waals surface area contributed by atoms with Crippen molar-refractivity contribution in [2.75, 3.05) is 7.05 Å². The van der Waals surface area contributed by atoms with E-state index in [1.54, 1.807) is 0 Å². The van der Waals surface area contributed by atoms with Crippen LogP contribution in [0.5, 0.6) is 0 Å². The summed E-state index contributed by atoms with van der Waals surface area (Å²) in [5.74, 6) is 0.831. The summed E-state index contributed by atoms with van der Waals surface area (Å²) in [7, 11) is 2.00. The SMILES string of the molecule is CCC1CCC(C=O)CC1N(C)OCc1ccccc1. The van der Waals surface area contributed by atoms with Crippen LogP contribution in [0.3, 0.4) is 0 Å². The Morgan fingerprint density at radius 3 is 2.70 bits per heavy atom. The van der Waals surface area contributed by atoms with E-state index >= 15 is 0 Å². The summed E-state index contributed by atoms with van der Waals surface area (Å²) < 4.78 is 0. The highest BCUT2D eigenvalue weighted by molar-refractivity contribution is 5.53. The molecule has 1 aromatic rings. The van der Waals surface area contributed by atoms with Crippen LogP contribution in [0.15, 0.2) is 30.3 Å². The standard InChI is InChI=1S/C17H25NO2/c1-3-16-10-9-15(12-19)11-17(16)18(2)20-13-14-7-5-4-6-8-14/h4-8,12,15-17H,3,9-11,13H2,1-2H3. The third-order valence-corrected chi connectivity index (χ3v) is 4.46. The highest BCUT2D eigenvalue weighted by Crippen LogP contribution is 2.33. The number of rotatable bonds is 6. The molecule has 3 heteroatoms. The van der Waals surface area contributed by atoms with Gasteiger partial charge in [-0.15, -0.1) is 0 Å². The lowest BCUT2D eigenvalue weighted by atomic mass is 9.77. The number of aldehydes is 1. The molecule has 3 nitrogen and oxygen atoms in total. The van der Waals surface area contributed by atoms with E-state index in [2.05, 4.69) is 19.1 Å². The van der Waals surface area contributed by atoms with Crippen LogP contribution >= 0.6 is 0 Å². The molecule has 1 fully saturated rings. The maximum atomic E-state index is 11.0. The van der Waals surface area contributed by atoms with Gasteiger partial charge in [-0.1, -0.05) is 43.7 Å². The molecule has 0 aliphatic heterocycles. The van der Waals surface area contributed by atoms with Crippen molar-refractivity contribution in [3.8, 4) is 0 Å². The molecule has 0 aromatic heterocycles. The fraction of sp³-hybridized carbons (Fsp3) is 0.588. The average molecular weight is 275 g/mol. The fourth-order valence-corrected chi connectivity index (χ4v) is 3.13. The highest BCUT2D eigenvalue weighted by Gasteiger charge is 2.32. The predicted molar refractivity (Wildman–Crippen MR) is 80.0 cm³/mol. The lowest BCUT2D eigenvalue weighted by molar-refractivity contribution is -0.197. The molecule has 1 aliphatic carbocycles. The highest BCUT2D eigenvalue weighted by atomic mass is 16.7. The van der Waals surface area contributed by atoms with E-state index in [1.165, 1.54) is 5.56 Å². The van der Waals surface area contributed by atoms with Gasteiger partial charge in [0, 0.05) is 19.0 Å². The van der Waals surface area contributed by atoms with E-state index in [4.69, 9.17) is 4.84 Å². The molecule has 2 rings (SSSR count). The maximum Gasteiger partial charge on any atom is 0.123 e. The number of nitrogens with zero attached hydrogens (tertiary/aromatic N) is 1. The Hall–Kier alpha value is -1.19. The molecule has 0 amide bonds. The van der Waals surface area contributed by atoms with E-state index in [-0.39, 0.29) is 5.92 Å². The zero-order chi connectivity index (χ0) is 14.4. The third kappa shape index (κ3) is 3.90. The second-order valence-electron chi connectivity index (χ2n) is 5.75. The van der Waals surface area contributed by atoms with Crippen molar-refractivity contribution in [2.24, 2.45) is 11.8 Å². The number of hydrogen-bond donors (Lipinski definition) is 0. The van der Waals surface area contributed by atoms with Crippen molar-refractivity contribution in [3.05, 3.63) is 35.9 Å². The van der Waals surface area contributed by atoms with Crippen molar-refractivity contribution in [1.82, 2.24) is 5.06 Å². The van der Waals surface area contributed by atoms with E-state index in [1.807, 2.05) is 30.3 Å². The fourth-order valence-electron chi connectivity index (χ4n) is 3.13. The van der Waals surface area contributed by atoms with E-state index in [0.717, 1.165) is 32.0 Å². The Labute approximate surface area is 121 Å². The molecule has 1 aliphatic rings. The van der Waals surface area contributed by atoms with Crippen LogP contribution in [-0.4, -0.2) is 24.4 Å². The van der Waals surface area contributed by atoms with Crippen molar-refractivity contribution < 1.29 is 9.63 Å². The third-order valence-electron chi connectivity index (χ3n) is 4.46. The molecule has 1 aromatic carbocycles. The summed E-state index contributed by atoms with van der Waals surface area (Å²) in [4.78, 5) is 17.0. The van der Waals surface area contributed by atoms with Gasteiger partial charge in [0.25, 0.3) is 0 Å². The first kappa shape index (κ1) is 15.2. The van der Waals surface area contributed by atoms with Gasteiger partial charge in [-0.2, -0.15) is 5.06 Å². The van der Waals surface area contributed by atoms with Gasteiger partial charge in [0.15, 0.2) is 0 Å². The van der Waals surface area contributed by atoms with Crippen molar-refractivity contribution in [1.29, 1.82) is 0 Å². The van der Waals surface area contributed by atoms with Crippen LogP contribution in [0.2, 0.25) is 0 Å². The Morgan fingerprint density at radius 1 is 1.30 bits per heavy atom. The summed E-state index contributed by atoms with van der Waals surface area (Å²) in [6, 6.07) is 10.6. The number of hydrogen-bond acceptors (Lipinski definition) is 3. The molecule has 20 heavy (non-hydrogen) atoms. The first-order valence-corrected chi connectivity index (χ1v) is 7.59. The van der Waals surface area contributed by atoms with Crippen molar-refractivity contribution in [2.45, 2.75) is 45.3 Å². The maximum absolute atomic E-state index is 11.0. The Bertz CT molecular complexity index is 407. The quantitative estimate of drug-likeness (QED) is 0.588. The lowest BCUT2D eigenvalue weighted by Crippen LogP contribution is -2.42. The smallest absolute Gasteiger partial charge is 0.123 e. The second kappa shape index (κ2) is 7.55. The first-order chi connectivity index (χ1) is 9.74. The van der Waals surface area contributed by atoms with Crippen molar-refractivity contribution in [3.63, 3.8) is 0 Å². The molecule has 3 atom stereocenters. The van der Waals surface area contributed by atoms with Gasteiger partial charge in [-0.25, -0.2) is 0 Å². The molecule has 3 unspecified atom stereocenters. The van der Waals surface area contributed by atoms with Gasteiger partial charge in [0.2, 0.25) is 0 Å². The number of hydroxylamine groups is 2. The zero-order valence-electron chi connectivity index (χ0n) is 12.5. The largest absolute Gasteiger partial charge is 0.303 e. The minimum atomic E-state index is 0.200. The van der Waals surface area contributed by atoms with Gasteiger partial charge in [0.05, 0.1) is 6.61 Å².